The van der Waals surface area contributed by atoms with Gasteiger partial charge >= 0.3 is 0 Å². The normalized spacial score (nSPS) is 27.4. The van der Waals surface area contributed by atoms with Crippen LogP contribution in [0.15, 0.2) is 12.1 Å². The molecule has 1 fully saturated rings. The highest BCUT2D eigenvalue weighted by Crippen LogP contribution is 2.36. The summed E-state index contributed by atoms with van der Waals surface area (Å²) in [4.78, 5) is 0. The summed E-state index contributed by atoms with van der Waals surface area (Å²) in [5.41, 5.74) is 0.975. The van der Waals surface area contributed by atoms with Crippen molar-refractivity contribution in [3.8, 4) is 0 Å². The highest BCUT2D eigenvalue weighted by atomic mass is 19.2. The minimum Gasteiger partial charge on any atom is -0.383 e. The van der Waals surface area contributed by atoms with Gasteiger partial charge < -0.3 is 10.6 Å². The predicted octanol–water partition coefficient (Wildman–Crippen LogP) is 2.97. The Morgan fingerprint density at radius 2 is 2.06 bits per heavy atom. The van der Waals surface area contributed by atoms with Gasteiger partial charge in [0.2, 0.25) is 0 Å². The van der Waals surface area contributed by atoms with Crippen LogP contribution in [0.5, 0.6) is 0 Å². The Bertz CT molecular complexity index is 420. The summed E-state index contributed by atoms with van der Waals surface area (Å²) in [7, 11) is 0. The molecule has 0 aromatic heterocycles. The van der Waals surface area contributed by atoms with Gasteiger partial charge in [-0.3, -0.25) is 0 Å². The van der Waals surface area contributed by atoms with E-state index in [1.807, 2.05) is 0 Å². The Morgan fingerprint density at radius 3 is 2.94 bits per heavy atom. The molecule has 2 N–H and O–H groups in total. The first-order chi connectivity index (χ1) is 7.75. The molecule has 1 aromatic rings. The van der Waals surface area contributed by atoms with Crippen LogP contribution in [0.3, 0.4) is 0 Å². The molecule has 1 aliphatic carbocycles. The number of hydrogen-bond donors (Lipinski definition) is 2. The molecule has 0 amide bonds. The lowest BCUT2D eigenvalue weighted by Crippen LogP contribution is -2.26. The fourth-order valence-electron chi connectivity index (χ4n) is 2.74. The van der Waals surface area contributed by atoms with Crippen molar-refractivity contribution in [1.82, 2.24) is 0 Å². The number of fused-ring (bicyclic) bond motifs is 2. The highest BCUT2D eigenvalue weighted by Gasteiger charge is 2.31. The Balaban J connectivity index is 2.01. The number of benzene rings is 1. The Kier molecular flexibility index (Phi) is 2.23. The van der Waals surface area contributed by atoms with Crippen molar-refractivity contribution >= 4 is 11.4 Å². The standard InChI is InChI=1S/C12H14F2N2/c13-8-4-5-10-12(11(8)14)16-9-3-1-2-7(9)6-15-10/h4-5,7,9,15-16H,1-3,6H2. The molecule has 3 rings (SSSR count). The molecule has 1 saturated carbocycles. The van der Waals surface area contributed by atoms with Crippen molar-refractivity contribution in [2.24, 2.45) is 5.92 Å². The van der Waals surface area contributed by atoms with E-state index < -0.39 is 11.6 Å². The second-order valence-electron chi connectivity index (χ2n) is 4.61. The summed E-state index contributed by atoms with van der Waals surface area (Å²) < 4.78 is 26.8. The van der Waals surface area contributed by atoms with Crippen molar-refractivity contribution < 1.29 is 8.78 Å². The zero-order valence-corrected chi connectivity index (χ0v) is 8.89. The first-order valence-electron chi connectivity index (χ1n) is 5.74. The lowest BCUT2D eigenvalue weighted by atomic mass is 10.0. The molecule has 2 atom stereocenters. The number of rotatable bonds is 0. The second kappa shape index (κ2) is 3.61. The van der Waals surface area contributed by atoms with E-state index in [1.54, 1.807) is 6.07 Å². The average Bonchev–Trinajstić information content (AvgIpc) is 2.64. The highest BCUT2D eigenvalue weighted by molar-refractivity contribution is 5.71. The molecule has 0 bridgehead atoms. The lowest BCUT2D eigenvalue weighted by Gasteiger charge is -2.17. The largest absolute Gasteiger partial charge is 0.383 e. The van der Waals surface area contributed by atoms with Gasteiger partial charge in [-0.15, -0.1) is 0 Å². The van der Waals surface area contributed by atoms with Crippen LogP contribution in [0.4, 0.5) is 20.2 Å². The smallest absolute Gasteiger partial charge is 0.183 e. The van der Waals surface area contributed by atoms with Crippen LogP contribution in [-0.2, 0) is 0 Å². The molecule has 2 unspecified atom stereocenters. The summed E-state index contributed by atoms with van der Waals surface area (Å²) in [6.07, 6.45) is 3.36. The molecule has 1 heterocycles. The third kappa shape index (κ3) is 1.44. The summed E-state index contributed by atoms with van der Waals surface area (Å²) in [6.45, 7) is 0.843. The van der Waals surface area contributed by atoms with Crippen LogP contribution in [0.1, 0.15) is 19.3 Å². The van der Waals surface area contributed by atoms with Crippen molar-refractivity contribution in [3.05, 3.63) is 23.8 Å². The van der Waals surface area contributed by atoms with E-state index in [9.17, 15) is 8.78 Å². The molecule has 1 aliphatic heterocycles. The molecular formula is C12H14F2N2. The molecule has 1 aromatic carbocycles. The van der Waals surface area contributed by atoms with E-state index in [-0.39, 0.29) is 6.04 Å². The van der Waals surface area contributed by atoms with E-state index >= 15 is 0 Å². The van der Waals surface area contributed by atoms with Crippen LogP contribution >= 0.6 is 0 Å². The molecule has 0 radical (unpaired) electrons. The predicted molar refractivity (Wildman–Crippen MR) is 59.6 cm³/mol. The number of hydrogen-bond acceptors (Lipinski definition) is 2. The zero-order valence-electron chi connectivity index (χ0n) is 8.89. The Morgan fingerprint density at radius 1 is 1.19 bits per heavy atom. The van der Waals surface area contributed by atoms with E-state index in [2.05, 4.69) is 10.6 Å². The van der Waals surface area contributed by atoms with Crippen molar-refractivity contribution in [2.45, 2.75) is 25.3 Å². The SMILES string of the molecule is Fc1ccc2c(c1F)NC1CCCC1CN2. The van der Waals surface area contributed by atoms with Gasteiger partial charge in [-0.25, -0.2) is 8.78 Å². The monoisotopic (exact) mass is 224 g/mol. The van der Waals surface area contributed by atoms with Gasteiger partial charge in [-0.05, 0) is 30.9 Å². The number of nitrogens with one attached hydrogen (secondary N) is 2. The zero-order chi connectivity index (χ0) is 11.1. The molecular weight excluding hydrogens is 210 g/mol. The first kappa shape index (κ1) is 9.87. The first-order valence-corrected chi connectivity index (χ1v) is 5.74. The van der Waals surface area contributed by atoms with Gasteiger partial charge in [0.05, 0.1) is 11.4 Å². The van der Waals surface area contributed by atoms with E-state index in [0.717, 1.165) is 25.8 Å². The summed E-state index contributed by atoms with van der Waals surface area (Å²) in [5.74, 6) is -1.03. The number of halogens is 2. The minimum absolute atomic E-state index is 0.282. The second-order valence-corrected chi connectivity index (χ2v) is 4.61. The van der Waals surface area contributed by atoms with Crippen LogP contribution < -0.4 is 10.6 Å². The number of anilines is 2. The molecule has 86 valence electrons. The van der Waals surface area contributed by atoms with Crippen LogP contribution in [0.2, 0.25) is 0 Å². The minimum atomic E-state index is -0.788. The fraction of sp³-hybridized carbons (Fsp3) is 0.500. The maximum atomic E-state index is 13.6. The van der Waals surface area contributed by atoms with E-state index in [0.29, 0.717) is 17.3 Å². The molecule has 2 aliphatic rings. The maximum Gasteiger partial charge on any atom is 0.183 e. The summed E-state index contributed by atoms with van der Waals surface area (Å²) in [5, 5.41) is 6.35. The van der Waals surface area contributed by atoms with Crippen molar-refractivity contribution in [2.75, 3.05) is 17.2 Å². The van der Waals surface area contributed by atoms with Gasteiger partial charge in [0.25, 0.3) is 0 Å². The summed E-state index contributed by atoms with van der Waals surface area (Å²) >= 11 is 0. The maximum absolute atomic E-state index is 13.6. The van der Waals surface area contributed by atoms with Gasteiger partial charge in [0, 0.05) is 12.6 Å². The van der Waals surface area contributed by atoms with E-state index in [4.69, 9.17) is 0 Å². The Hall–Kier alpha value is -1.32. The van der Waals surface area contributed by atoms with Crippen LogP contribution in [0.25, 0.3) is 0 Å². The molecule has 2 nitrogen and oxygen atoms in total. The Labute approximate surface area is 93.0 Å². The van der Waals surface area contributed by atoms with Crippen molar-refractivity contribution in [1.29, 1.82) is 0 Å². The third-order valence-corrected chi connectivity index (χ3v) is 3.64. The quantitative estimate of drug-likeness (QED) is 0.708. The van der Waals surface area contributed by atoms with E-state index in [1.165, 1.54) is 6.07 Å². The molecule has 16 heavy (non-hydrogen) atoms. The van der Waals surface area contributed by atoms with Crippen LogP contribution in [-0.4, -0.2) is 12.6 Å². The van der Waals surface area contributed by atoms with Gasteiger partial charge in [-0.2, -0.15) is 0 Å². The van der Waals surface area contributed by atoms with Gasteiger partial charge in [0.1, 0.15) is 0 Å². The fourth-order valence-corrected chi connectivity index (χ4v) is 2.74. The van der Waals surface area contributed by atoms with Crippen LogP contribution in [0, 0.1) is 17.6 Å². The average molecular weight is 224 g/mol. The lowest BCUT2D eigenvalue weighted by molar-refractivity contribution is 0.505. The molecule has 4 heteroatoms. The van der Waals surface area contributed by atoms with Gasteiger partial charge in [-0.1, -0.05) is 6.42 Å². The third-order valence-electron chi connectivity index (χ3n) is 3.64. The molecule has 0 spiro atoms. The van der Waals surface area contributed by atoms with Gasteiger partial charge in [0.15, 0.2) is 11.6 Å². The van der Waals surface area contributed by atoms with Crippen molar-refractivity contribution in [3.63, 3.8) is 0 Å². The topological polar surface area (TPSA) is 24.1 Å². The summed E-state index contributed by atoms with van der Waals surface area (Å²) in [6, 6.07) is 3.05. The molecule has 0 saturated heterocycles.